The molecule has 1 aromatic rings. The predicted octanol–water partition coefficient (Wildman–Crippen LogP) is 3.93. The number of thioether (sulfide) groups is 1. The molecule has 3 nitrogen and oxygen atoms in total. The van der Waals surface area contributed by atoms with Crippen molar-refractivity contribution >= 4 is 33.7 Å². The SMILES string of the molecule is CN(C)C(=O)N1CCC(CSc2ccc(Br)cc2)CC1. The highest BCUT2D eigenvalue weighted by Gasteiger charge is 2.23. The van der Waals surface area contributed by atoms with Crippen molar-refractivity contribution in [2.75, 3.05) is 32.9 Å². The first kappa shape index (κ1) is 15.7. The van der Waals surface area contributed by atoms with Gasteiger partial charge in [-0.2, -0.15) is 0 Å². The molecule has 1 aromatic carbocycles. The van der Waals surface area contributed by atoms with Crippen LogP contribution < -0.4 is 0 Å². The third-order valence-electron chi connectivity index (χ3n) is 3.57. The lowest BCUT2D eigenvalue weighted by Crippen LogP contribution is -2.44. The van der Waals surface area contributed by atoms with Crippen molar-refractivity contribution in [3.05, 3.63) is 28.7 Å². The summed E-state index contributed by atoms with van der Waals surface area (Å²) in [4.78, 5) is 16.8. The number of amides is 2. The Morgan fingerprint density at radius 2 is 1.90 bits per heavy atom. The van der Waals surface area contributed by atoms with E-state index in [-0.39, 0.29) is 6.03 Å². The van der Waals surface area contributed by atoms with Gasteiger partial charge in [0.25, 0.3) is 0 Å². The van der Waals surface area contributed by atoms with Crippen LogP contribution in [0.4, 0.5) is 4.79 Å². The Labute approximate surface area is 133 Å². The number of nitrogens with zero attached hydrogens (tertiary/aromatic N) is 2. The molecule has 2 rings (SSSR count). The second kappa shape index (κ2) is 7.36. The van der Waals surface area contributed by atoms with Crippen molar-refractivity contribution in [2.24, 2.45) is 5.92 Å². The smallest absolute Gasteiger partial charge is 0.319 e. The van der Waals surface area contributed by atoms with Crippen LogP contribution in [0.5, 0.6) is 0 Å². The lowest BCUT2D eigenvalue weighted by molar-refractivity contribution is 0.151. The van der Waals surface area contributed by atoms with E-state index in [4.69, 9.17) is 0 Å². The molecule has 20 heavy (non-hydrogen) atoms. The Morgan fingerprint density at radius 1 is 1.30 bits per heavy atom. The molecule has 0 radical (unpaired) electrons. The van der Waals surface area contributed by atoms with Gasteiger partial charge in [0.2, 0.25) is 0 Å². The van der Waals surface area contributed by atoms with Gasteiger partial charge in [-0.1, -0.05) is 15.9 Å². The number of urea groups is 1. The zero-order valence-electron chi connectivity index (χ0n) is 12.0. The molecule has 1 saturated heterocycles. The van der Waals surface area contributed by atoms with Gasteiger partial charge in [-0.25, -0.2) is 4.79 Å². The van der Waals surface area contributed by atoms with Crippen molar-refractivity contribution in [1.82, 2.24) is 9.80 Å². The van der Waals surface area contributed by atoms with Gasteiger partial charge in [-0.15, -0.1) is 11.8 Å². The minimum Gasteiger partial charge on any atom is -0.331 e. The lowest BCUT2D eigenvalue weighted by atomic mass is 9.99. The van der Waals surface area contributed by atoms with Crippen molar-refractivity contribution in [3.8, 4) is 0 Å². The van der Waals surface area contributed by atoms with Crippen LogP contribution >= 0.6 is 27.7 Å². The first-order valence-electron chi connectivity index (χ1n) is 6.91. The van der Waals surface area contributed by atoms with E-state index in [1.165, 1.54) is 4.90 Å². The Balaban J connectivity index is 1.74. The van der Waals surface area contributed by atoms with E-state index in [0.29, 0.717) is 0 Å². The zero-order valence-corrected chi connectivity index (χ0v) is 14.4. The molecule has 0 atom stereocenters. The molecular weight excluding hydrogens is 336 g/mol. The van der Waals surface area contributed by atoms with Gasteiger partial charge >= 0.3 is 6.03 Å². The third-order valence-corrected chi connectivity index (χ3v) is 5.34. The molecule has 5 heteroatoms. The average Bonchev–Trinajstić information content (AvgIpc) is 2.46. The number of hydrogen-bond acceptors (Lipinski definition) is 2. The van der Waals surface area contributed by atoms with Crippen molar-refractivity contribution in [2.45, 2.75) is 17.7 Å². The van der Waals surface area contributed by atoms with Crippen molar-refractivity contribution < 1.29 is 4.79 Å². The zero-order chi connectivity index (χ0) is 14.5. The molecule has 0 unspecified atom stereocenters. The van der Waals surface area contributed by atoms with Gasteiger partial charge in [-0.3, -0.25) is 0 Å². The molecule has 0 bridgehead atoms. The van der Waals surface area contributed by atoms with E-state index in [1.807, 2.05) is 30.8 Å². The summed E-state index contributed by atoms with van der Waals surface area (Å²) in [5.74, 6) is 1.86. The monoisotopic (exact) mass is 356 g/mol. The summed E-state index contributed by atoms with van der Waals surface area (Å²) in [5.41, 5.74) is 0. The van der Waals surface area contributed by atoms with Crippen LogP contribution in [0.15, 0.2) is 33.6 Å². The lowest BCUT2D eigenvalue weighted by Gasteiger charge is -2.33. The fourth-order valence-electron chi connectivity index (χ4n) is 2.32. The molecular formula is C15H21BrN2OS. The van der Waals surface area contributed by atoms with E-state index in [9.17, 15) is 4.79 Å². The molecule has 1 aliphatic rings. The normalized spacial score (nSPS) is 16.2. The van der Waals surface area contributed by atoms with Crippen molar-refractivity contribution in [3.63, 3.8) is 0 Å². The van der Waals surface area contributed by atoms with Crippen LogP contribution in [0.2, 0.25) is 0 Å². The molecule has 0 aromatic heterocycles. The number of carbonyl (C=O) groups is 1. The van der Waals surface area contributed by atoms with Gasteiger partial charge in [0, 0.05) is 42.3 Å². The van der Waals surface area contributed by atoms with Crippen LogP contribution in [-0.4, -0.2) is 48.8 Å². The second-order valence-corrected chi connectivity index (χ2v) is 7.38. The summed E-state index contributed by atoms with van der Waals surface area (Å²) in [6.45, 7) is 1.78. The van der Waals surface area contributed by atoms with Gasteiger partial charge < -0.3 is 9.80 Å². The fraction of sp³-hybridized carbons (Fsp3) is 0.533. The van der Waals surface area contributed by atoms with E-state index in [2.05, 4.69) is 40.2 Å². The van der Waals surface area contributed by atoms with E-state index in [0.717, 1.165) is 42.1 Å². The molecule has 0 N–H and O–H groups in total. The van der Waals surface area contributed by atoms with Crippen LogP contribution in [0.1, 0.15) is 12.8 Å². The molecule has 0 aliphatic carbocycles. The molecule has 1 heterocycles. The summed E-state index contributed by atoms with van der Waals surface area (Å²) >= 11 is 5.37. The number of benzene rings is 1. The Kier molecular flexibility index (Phi) is 5.78. The molecule has 1 aliphatic heterocycles. The highest BCUT2D eigenvalue weighted by Crippen LogP contribution is 2.27. The standard InChI is InChI=1S/C15H21BrN2OS/c1-17(2)15(19)18-9-7-12(8-10-18)11-20-14-5-3-13(16)4-6-14/h3-6,12H,7-11H2,1-2H3. The fourth-order valence-corrected chi connectivity index (χ4v) is 3.67. The van der Waals surface area contributed by atoms with Crippen LogP contribution in [-0.2, 0) is 0 Å². The highest BCUT2D eigenvalue weighted by molar-refractivity contribution is 9.10. The highest BCUT2D eigenvalue weighted by atomic mass is 79.9. The molecule has 1 fully saturated rings. The van der Waals surface area contributed by atoms with Crippen LogP contribution in [0.3, 0.4) is 0 Å². The number of carbonyl (C=O) groups excluding carboxylic acids is 1. The molecule has 2 amide bonds. The van der Waals surface area contributed by atoms with Crippen LogP contribution in [0, 0.1) is 5.92 Å². The maximum absolute atomic E-state index is 11.9. The molecule has 0 saturated carbocycles. The molecule has 0 spiro atoms. The first-order valence-corrected chi connectivity index (χ1v) is 8.68. The summed E-state index contributed by atoms with van der Waals surface area (Å²) < 4.78 is 1.12. The number of hydrogen-bond donors (Lipinski definition) is 0. The van der Waals surface area contributed by atoms with E-state index >= 15 is 0 Å². The van der Waals surface area contributed by atoms with E-state index in [1.54, 1.807) is 4.90 Å². The molecule has 110 valence electrons. The largest absolute Gasteiger partial charge is 0.331 e. The summed E-state index contributed by atoms with van der Waals surface area (Å²) in [6.07, 6.45) is 2.23. The number of rotatable bonds is 3. The van der Waals surface area contributed by atoms with Crippen LogP contribution in [0.25, 0.3) is 0 Å². The Hall–Kier alpha value is -0.680. The van der Waals surface area contributed by atoms with Gasteiger partial charge in [0.1, 0.15) is 0 Å². The Morgan fingerprint density at radius 3 is 2.45 bits per heavy atom. The summed E-state index contributed by atoms with van der Waals surface area (Å²) in [7, 11) is 3.63. The number of piperidine rings is 1. The summed E-state index contributed by atoms with van der Waals surface area (Å²) in [6, 6.07) is 8.62. The Bertz CT molecular complexity index is 442. The topological polar surface area (TPSA) is 23.6 Å². The maximum atomic E-state index is 11.9. The average molecular weight is 357 g/mol. The van der Waals surface area contributed by atoms with Gasteiger partial charge in [0.15, 0.2) is 0 Å². The first-order chi connectivity index (χ1) is 9.56. The predicted molar refractivity (Wildman–Crippen MR) is 88.2 cm³/mol. The maximum Gasteiger partial charge on any atom is 0.319 e. The summed E-state index contributed by atoms with van der Waals surface area (Å²) in [5, 5.41) is 0. The van der Waals surface area contributed by atoms with Gasteiger partial charge in [-0.05, 0) is 43.0 Å². The minimum absolute atomic E-state index is 0.143. The second-order valence-electron chi connectivity index (χ2n) is 5.37. The third kappa shape index (κ3) is 4.42. The number of halogens is 1. The quantitative estimate of drug-likeness (QED) is 0.765. The van der Waals surface area contributed by atoms with Crippen molar-refractivity contribution in [1.29, 1.82) is 0 Å². The van der Waals surface area contributed by atoms with E-state index < -0.39 is 0 Å². The van der Waals surface area contributed by atoms with Gasteiger partial charge in [0.05, 0.1) is 0 Å². The number of likely N-dealkylation sites (tertiary alicyclic amines) is 1. The minimum atomic E-state index is 0.143.